The molecule has 0 spiro atoms. The lowest BCUT2D eigenvalue weighted by molar-refractivity contribution is -0.137. The van der Waals surface area contributed by atoms with E-state index in [1.165, 1.54) is 25.2 Å². The van der Waals surface area contributed by atoms with Crippen LogP contribution in [0, 0.1) is 0 Å². The third-order valence-electron chi connectivity index (χ3n) is 4.96. The van der Waals surface area contributed by atoms with E-state index in [1.807, 2.05) is 0 Å². The summed E-state index contributed by atoms with van der Waals surface area (Å²) in [6, 6.07) is 3.88. The zero-order valence-corrected chi connectivity index (χ0v) is 20.3. The van der Waals surface area contributed by atoms with E-state index in [1.54, 1.807) is 0 Å². The first kappa shape index (κ1) is 27.2. The Bertz CT molecular complexity index is 1160. The Morgan fingerprint density at radius 1 is 1.22 bits per heavy atom. The molecule has 0 radical (unpaired) electrons. The molecule has 2 heterocycles. The van der Waals surface area contributed by atoms with Gasteiger partial charge in [0.2, 0.25) is 5.91 Å². The standard InChI is InChI=1S/C21H21ClF3N5O5S/c1-26-20(34)29-13(9-27-19(33)15-4-5-16(22)36-15)18(32)28-11-2-3-14(12(8-11)21(23,24)25)30-6-7-35-10-17(30)31/h2-5,8,13H,6-7,9-10H2,1H3,(H,27,33)(H,28,32)(H2,26,29,34)/t13-/m1/s1. The Morgan fingerprint density at radius 2 is 1.97 bits per heavy atom. The highest BCUT2D eigenvalue weighted by Crippen LogP contribution is 2.38. The summed E-state index contributed by atoms with van der Waals surface area (Å²) < 4.78 is 46.7. The molecule has 2 aromatic rings. The van der Waals surface area contributed by atoms with Gasteiger partial charge in [-0.3, -0.25) is 14.4 Å². The number of ether oxygens (including phenoxy) is 1. The first-order valence-electron chi connectivity index (χ1n) is 10.4. The topological polar surface area (TPSA) is 129 Å². The van der Waals surface area contributed by atoms with Gasteiger partial charge in [0.1, 0.15) is 12.6 Å². The van der Waals surface area contributed by atoms with Gasteiger partial charge in [0.05, 0.1) is 27.1 Å². The molecule has 3 rings (SSSR count). The van der Waals surface area contributed by atoms with Crippen molar-refractivity contribution in [1.29, 1.82) is 0 Å². The fourth-order valence-corrected chi connectivity index (χ4v) is 4.20. The SMILES string of the molecule is CNC(=O)N[C@H](CNC(=O)c1ccc(Cl)s1)C(=O)Nc1ccc(N2CCOCC2=O)c(C(F)(F)F)c1. The molecule has 0 aliphatic carbocycles. The number of benzene rings is 1. The Hall–Kier alpha value is -3.36. The van der Waals surface area contributed by atoms with Gasteiger partial charge in [0.25, 0.3) is 11.8 Å². The maximum absolute atomic E-state index is 13.8. The minimum absolute atomic E-state index is 0.0547. The molecule has 4 N–H and O–H groups in total. The zero-order chi connectivity index (χ0) is 26.5. The molecule has 0 bridgehead atoms. The van der Waals surface area contributed by atoms with Crippen LogP contribution in [0.5, 0.6) is 0 Å². The van der Waals surface area contributed by atoms with Gasteiger partial charge in [-0.1, -0.05) is 11.6 Å². The van der Waals surface area contributed by atoms with Crippen molar-refractivity contribution in [1.82, 2.24) is 16.0 Å². The van der Waals surface area contributed by atoms with Crippen molar-refractivity contribution < 1.29 is 37.1 Å². The van der Waals surface area contributed by atoms with Crippen molar-refractivity contribution in [2.75, 3.05) is 43.6 Å². The number of alkyl halides is 3. The van der Waals surface area contributed by atoms with E-state index in [9.17, 15) is 32.3 Å². The van der Waals surface area contributed by atoms with Gasteiger partial charge in [-0.15, -0.1) is 11.3 Å². The van der Waals surface area contributed by atoms with E-state index in [0.29, 0.717) is 10.4 Å². The highest BCUT2D eigenvalue weighted by molar-refractivity contribution is 7.18. The predicted molar refractivity (Wildman–Crippen MR) is 126 cm³/mol. The van der Waals surface area contributed by atoms with Crippen molar-refractivity contribution in [2.24, 2.45) is 0 Å². The van der Waals surface area contributed by atoms with Crippen molar-refractivity contribution in [2.45, 2.75) is 12.2 Å². The molecule has 0 saturated carbocycles. The smallest absolute Gasteiger partial charge is 0.370 e. The first-order chi connectivity index (χ1) is 17.0. The quantitative estimate of drug-likeness (QED) is 0.423. The van der Waals surface area contributed by atoms with Gasteiger partial charge in [-0.05, 0) is 30.3 Å². The number of nitrogens with zero attached hydrogens (tertiary/aromatic N) is 1. The number of nitrogens with one attached hydrogen (secondary N) is 4. The van der Waals surface area contributed by atoms with Crippen LogP contribution < -0.4 is 26.2 Å². The van der Waals surface area contributed by atoms with Gasteiger partial charge in [-0.2, -0.15) is 13.2 Å². The number of hydrogen-bond acceptors (Lipinski definition) is 6. The number of carbonyl (C=O) groups excluding carboxylic acids is 4. The molecule has 1 fully saturated rings. The highest BCUT2D eigenvalue weighted by Gasteiger charge is 2.37. The number of rotatable bonds is 7. The van der Waals surface area contributed by atoms with Crippen LogP contribution in [-0.4, -0.2) is 63.1 Å². The van der Waals surface area contributed by atoms with Crippen LogP contribution in [0.1, 0.15) is 15.2 Å². The monoisotopic (exact) mass is 547 g/mol. The second kappa shape index (κ2) is 11.6. The van der Waals surface area contributed by atoms with Crippen molar-refractivity contribution in [3.8, 4) is 0 Å². The summed E-state index contributed by atoms with van der Waals surface area (Å²) in [4.78, 5) is 50.2. The van der Waals surface area contributed by atoms with Gasteiger partial charge in [0, 0.05) is 25.8 Å². The summed E-state index contributed by atoms with van der Waals surface area (Å²) >= 11 is 6.81. The first-order valence-corrected chi connectivity index (χ1v) is 11.6. The molecular weight excluding hydrogens is 527 g/mol. The lowest BCUT2D eigenvalue weighted by atomic mass is 10.1. The van der Waals surface area contributed by atoms with E-state index in [2.05, 4.69) is 21.3 Å². The molecule has 1 aliphatic rings. The Kier molecular flexibility index (Phi) is 8.76. The number of carbonyl (C=O) groups is 4. The van der Waals surface area contributed by atoms with E-state index >= 15 is 0 Å². The fraction of sp³-hybridized carbons (Fsp3) is 0.333. The van der Waals surface area contributed by atoms with Crippen LogP contribution in [0.4, 0.5) is 29.3 Å². The predicted octanol–water partition coefficient (Wildman–Crippen LogP) is 2.45. The summed E-state index contributed by atoms with van der Waals surface area (Å²) in [5, 5.41) is 9.37. The zero-order valence-electron chi connectivity index (χ0n) is 18.7. The Balaban J connectivity index is 1.79. The highest BCUT2D eigenvalue weighted by atomic mass is 35.5. The number of urea groups is 1. The summed E-state index contributed by atoms with van der Waals surface area (Å²) in [6.45, 7) is -0.676. The van der Waals surface area contributed by atoms with Crippen LogP contribution in [0.15, 0.2) is 30.3 Å². The molecule has 0 unspecified atom stereocenters. The number of thiophene rings is 1. The average Bonchev–Trinajstić information content (AvgIpc) is 3.27. The maximum atomic E-state index is 13.8. The third-order valence-corrected chi connectivity index (χ3v) is 6.19. The average molecular weight is 548 g/mol. The van der Waals surface area contributed by atoms with Crippen LogP contribution >= 0.6 is 22.9 Å². The Labute approximate surface area is 212 Å². The molecule has 1 aliphatic heterocycles. The van der Waals surface area contributed by atoms with Crippen molar-refractivity contribution in [3.05, 3.63) is 45.1 Å². The van der Waals surface area contributed by atoms with Crippen LogP contribution in [0.3, 0.4) is 0 Å². The molecule has 194 valence electrons. The van der Waals surface area contributed by atoms with Gasteiger partial charge >= 0.3 is 12.2 Å². The molecule has 1 atom stereocenters. The normalized spacial score (nSPS) is 14.7. The van der Waals surface area contributed by atoms with Crippen molar-refractivity contribution >= 4 is 58.1 Å². The second-order valence-corrected chi connectivity index (χ2v) is 9.12. The number of morpholine rings is 1. The van der Waals surface area contributed by atoms with E-state index in [4.69, 9.17) is 16.3 Å². The molecular formula is C21H21ClF3N5O5S. The minimum atomic E-state index is -4.83. The largest absolute Gasteiger partial charge is 0.418 e. The Morgan fingerprint density at radius 3 is 2.58 bits per heavy atom. The number of amides is 5. The van der Waals surface area contributed by atoms with Gasteiger partial charge in [0.15, 0.2) is 0 Å². The molecule has 1 saturated heterocycles. The minimum Gasteiger partial charge on any atom is -0.370 e. The van der Waals surface area contributed by atoms with Crippen LogP contribution in [0.25, 0.3) is 0 Å². The van der Waals surface area contributed by atoms with Crippen LogP contribution in [-0.2, 0) is 20.5 Å². The molecule has 15 heteroatoms. The second-order valence-electron chi connectivity index (χ2n) is 7.41. The van der Waals surface area contributed by atoms with Crippen LogP contribution in [0.2, 0.25) is 4.34 Å². The molecule has 5 amide bonds. The number of hydrogen-bond donors (Lipinski definition) is 4. The molecule has 1 aromatic carbocycles. The van der Waals surface area contributed by atoms with Gasteiger partial charge < -0.3 is 30.9 Å². The lowest BCUT2D eigenvalue weighted by Crippen LogP contribution is -2.52. The molecule has 10 nitrogen and oxygen atoms in total. The maximum Gasteiger partial charge on any atom is 0.418 e. The summed E-state index contributed by atoms with van der Waals surface area (Å²) in [5.41, 5.74) is -1.72. The van der Waals surface area contributed by atoms with Crippen molar-refractivity contribution in [3.63, 3.8) is 0 Å². The van der Waals surface area contributed by atoms with E-state index in [0.717, 1.165) is 22.3 Å². The molecule has 1 aromatic heterocycles. The summed E-state index contributed by atoms with van der Waals surface area (Å²) in [5.74, 6) is -2.06. The summed E-state index contributed by atoms with van der Waals surface area (Å²) in [7, 11) is 1.30. The third kappa shape index (κ3) is 6.86. The lowest BCUT2D eigenvalue weighted by Gasteiger charge is -2.29. The van der Waals surface area contributed by atoms with E-state index in [-0.39, 0.29) is 42.6 Å². The molecule has 36 heavy (non-hydrogen) atoms. The summed E-state index contributed by atoms with van der Waals surface area (Å²) in [6.07, 6.45) is -4.83. The number of halogens is 4. The number of anilines is 2. The fourth-order valence-electron chi connectivity index (χ4n) is 3.24. The van der Waals surface area contributed by atoms with E-state index < -0.39 is 41.5 Å². The van der Waals surface area contributed by atoms with Gasteiger partial charge in [-0.25, -0.2) is 4.79 Å².